The topological polar surface area (TPSA) is 100 Å². The predicted octanol–water partition coefficient (Wildman–Crippen LogP) is 4.22. The Hall–Kier alpha value is -1.87. The molecule has 8 heteroatoms. The van der Waals surface area contributed by atoms with Crippen molar-refractivity contribution in [3.8, 4) is 0 Å². The lowest BCUT2D eigenvalue weighted by molar-refractivity contribution is -0.175. The SMILES string of the molecule is C[C@@H]1CC2C3CCC4=CC(=O)C=CC4C3C(O)CC2(C)[C@@]1(O)C(=O)CSc1nc2cccnc2s1. The fourth-order valence-corrected chi connectivity index (χ4v) is 9.80. The van der Waals surface area contributed by atoms with Crippen molar-refractivity contribution in [2.45, 2.75) is 55.6 Å². The van der Waals surface area contributed by atoms with Gasteiger partial charge in [-0.05, 0) is 73.6 Å². The maximum absolute atomic E-state index is 13.7. The van der Waals surface area contributed by atoms with Crippen molar-refractivity contribution < 1.29 is 19.8 Å². The highest BCUT2D eigenvalue weighted by Crippen LogP contribution is 2.66. The van der Waals surface area contributed by atoms with E-state index < -0.39 is 17.1 Å². The minimum Gasteiger partial charge on any atom is -0.393 e. The number of fused-ring (bicyclic) bond motifs is 6. The normalized spacial score (nSPS) is 40.2. The fraction of sp³-hybridized carbons (Fsp3) is 0.556. The number of thiazole rings is 1. The van der Waals surface area contributed by atoms with Gasteiger partial charge in [0.05, 0.1) is 11.9 Å². The van der Waals surface area contributed by atoms with Gasteiger partial charge in [0.15, 0.2) is 15.9 Å². The smallest absolute Gasteiger partial charge is 0.178 e. The maximum atomic E-state index is 13.7. The number of hydrogen-bond acceptors (Lipinski definition) is 8. The van der Waals surface area contributed by atoms with E-state index >= 15 is 0 Å². The van der Waals surface area contributed by atoms with E-state index in [1.807, 2.05) is 32.1 Å². The van der Waals surface area contributed by atoms with Gasteiger partial charge in [-0.2, -0.15) is 0 Å². The average molecular weight is 511 g/mol. The molecule has 2 heterocycles. The van der Waals surface area contributed by atoms with Crippen molar-refractivity contribution in [2.24, 2.45) is 35.0 Å². The van der Waals surface area contributed by atoms with Crippen molar-refractivity contribution in [3.63, 3.8) is 0 Å². The van der Waals surface area contributed by atoms with Gasteiger partial charge in [-0.15, -0.1) is 0 Å². The Kier molecular flexibility index (Phi) is 5.60. The second-order valence-electron chi connectivity index (χ2n) is 11.0. The Bertz CT molecular complexity index is 1240. The predicted molar refractivity (Wildman–Crippen MR) is 136 cm³/mol. The standard InChI is InChI=1S/C27H30N2O4S2/c1-14-10-19-18-7-5-15-11-16(30)6-8-17(15)23(18)21(31)12-26(19,2)27(14,33)22(32)13-34-25-29-20-4-3-9-28-24(20)35-25/h3-4,6,8-9,11,14,17-19,21,23,31,33H,5,7,10,12-13H2,1-2H3/t14-,17?,18?,19?,21?,23?,26?,27+/m1/s1. The van der Waals surface area contributed by atoms with Crippen molar-refractivity contribution in [2.75, 3.05) is 5.75 Å². The summed E-state index contributed by atoms with van der Waals surface area (Å²) in [5, 5.41) is 23.5. The van der Waals surface area contributed by atoms with Crippen molar-refractivity contribution in [1.82, 2.24) is 9.97 Å². The molecule has 2 aromatic heterocycles. The molecule has 6 nitrogen and oxygen atoms in total. The monoisotopic (exact) mass is 510 g/mol. The number of aliphatic hydroxyl groups excluding tert-OH is 1. The highest BCUT2D eigenvalue weighted by atomic mass is 32.2. The summed E-state index contributed by atoms with van der Waals surface area (Å²) in [6.07, 6.45) is 9.34. The van der Waals surface area contributed by atoms with Gasteiger partial charge < -0.3 is 10.2 Å². The number of allylic oxidation sites excluding steroid dienone is 4. The quantitative estimate of drug-likeness (QED) is 0.594. The second-order valence-corrected chi connectivity index (χ2v) is 13.2. The van der Waals surface area contributed by atoms with E-state index in [9.17, 15) is 19.8 Å². The average Bonchev–Trinajstić information content (AvgIpc) is 3.34. The number of pyridine rings is 1. The largest absolute Gasteiger partial charge is 0.393 e. The number of aliphatic hydroxyl groups is 2. The van der Waals surface area contributed by atoms with E-state index in [0.29, 0.717) is 6.42 Å². The number of rotatable bonds is 4. The zero-order chi connectivity index (χ0) is 24.5. The van der Waals surface area contributed by atoms with Gasteiger partial charge in [0.25, 0.3) is 0 Å². The van der Waals surface area contributed by atoms with Gasteiger partial charge in [0.2, 0.25) is 0 Å². The van der Waals surface area contributed by atoms with Crippen LogP contribution in [-0.2, 0) is 9.59 Å². The lowest BCUT2D eigenvalue weighted by Crippen LogP contribution is -2.61. The summed E-state index contributed by atoms with van der Waals surface area (Å²) in [6.45, 7) is 4.01. The van der Waals surface area contributed by atoms with Gasteiger partial charge in [-0.25, -0.2) is 9.97 Å². The van der Waals surface area contributed by atoms with Gasteiger partial charge >= 0.3 is 0 Å². The van der Waals surface area contributed by atoms with E-state index in [4.69, 9.17) is 0 Å². The highest BCUT2D eigenvalue weighted by Gasteiger charge is 2.69. The van der Waals surface area contributed by atoms with Crippen LogP contribution in [-0.4, -0.2) is 49.2 Å². The van der Waals surface area contributed by atoms with E-state index in [0.717, 1.165) is 39.5 Å². The summed E-state index contributed by atoms with van der Waals surface area (Å²) < 4.78 is 0.775. The Morgan fingerprint density at radius 3 is 3.00 bits per heavy atom. The molecular formula is C27H30N2O4S2. The van der Waals surface area contributed by atoms with E-state index in [2.05, 4.69) is 9.97 Å². The number of thioether (sulfide) groups is 1. The van der Waals surface area contributed by atoms with Crippen LogP contribution in [0.5, 0.6) is 0 Å². The highest BCUT2D eigenvalue weighted by molar-refractivity contribution is 8.01. The molecule has 6 rings (SSSR count). The third-order valence-corrected chi connectivity index (χ3v) is 11.5. The molecule has 4 aliphatic rings. The van der Waals surface area contributed by atoms with Crippen LogP contribution in [0.4, 0.5) is 0 Å². The van der Waals surface area contributed by atoms with Crippen LogP contribution in [0.15, 0.2) is 46.5 Å². The Morgan fingerprint density at radius 2 is 2.20 bits per heavy atom. The lowest BCUT2D eigenvalue weighted by Gasteiger charge is -2.56. The number of carbonyl (C=O) groups excluding carboxylic acids is 2. The van der Waals surface area contributed by atoms with Crippen LogP contribution in [0.25, 0.3) is 10.3 Å². The van der Waals surface area contributed by atoms with E-state index in [1.54, 1.807) is 18.3 Å². The molecular weight excluding hydrogens is 480 g/mol. The number of nitrogens with zero attached hydrogens (tertiary/aromatic N) is 2. The first-order valence-electron chi connectivity index (χ1n) is 12.4. The van der Waals surface area contributed by atoms with E-state index in [-0.39, 0.29) is 46.9 Å². The summed E-state index contributed by atoms with van der Waals surface area (Å²) in [5.41, 5.74) is -0.228. The molecule has 0 bridgehead atoms. The summed E-state index contributed by atoms with van der Waals surface area (Å²) in [6, 6.07) is 3.75. The molecule has 35 heavy (non-hydrogen) atoms. The van der Waals surface area contributed by atoms with Gasteiger partial charge in [0, 0.05) is 17.5 Å². The maximum Gasteiger partial charge on any atom is 0.178 e. The molecule has 3 saturated carbocycles. The number of hydrogen-bond donors (Lipinski definition) is 2. The molecule has 3 fully saturated rings. The summed E-state index contributed by atoms with van der Waals surface area (Å²) in [7, 11) is 0. The molecule has 6 unspecified atom stereocenters. The lowest BCUT2D eigenvalue weighted by atomic mass is 9.49. The van der Waals surface area contributed by atoms with Crippen LogP contribution in [0.2, 0.25) is 0 Å². The third-order valence-electron chi connectivity index (χ3n) is 9.40. The minimum atomic E-state index is -1.49. The van der Waals surface area contributed by atoms with Crippen molar-refractivity contribution >= 4 is 45.0 Å². The first-order valence-corrected chi connectivity index (χ1v) is 14.2. The first kappa shape index (κ1) is 23.5. The molecule has 8 atom stereocenters. The van der Waals surface area contributed by atoms with Crippen LogP contribution in [0.3, 0.4) is 0 Å². The van der Waals surface area contributed by atoms with Gasteiger partial charge in [0.1, 0.15) is 15.9 Å². The zero-order valence-electron chi connectivity index (χ0n) is 19.9. The molecule has 0 aromatic carbocycles. The van der Waals surface area contributed by atoms with Gasteiger partial charge in [-0.1, -0.05) is 48.6 Å². The molecule has 0 saturated heterocycles. The second kappa shape index (κ2) is 8.33. The van der Waals surface area contributed by atoms with Crippen LogP contribution in [0, 0.1) is 35.0 Å². The third kappa shape index (κ3) is 3.44. The van der Waals surface area contributed by atoms with Crippen LogP contribution >= 0.6 is 23.1 Å². The molecule has 0 radical (unpaired) electrons. The summed E-state index contributed by atoms with van der Waals surface area (Å²) in [4.78, 5) is 35.4. The molecule has 0 amide bonds. The summed E-state index contributed by atoms with van der Waals surface area (Å²) >= 11 is 2.83. The zero-order valence-corrected chi connectivity index (χ0v) is 21.5. The molecule has 4 aliphatic carbocycles. The van der Waals surface area contributed by atoms with Crippen molar-refractivity contribution in [1.29, 1.82) is 0 Å². The minimum absolute atomic E-state index is 0.0284. The van der Waals surface area contributed by atoms with Gasteiger partial charge in [-0.3, -0.25) is 9.59 Å². The number of aromatic nitrogens is 2. The van der Waals surface area contributed by atoms with Crippen LogP contribution in [0.1, 0.15) is 39.5 Å². The Balaban J connectivity index is 1.26. The van der Waals surface area contributed by atoms with Crippen molar-refractivity contribution in [3.05, 3.63) is 42.1 Å². The molecule has 0 aliphatic heterocycles. The number of carbonyl (C=O) groups is 2. The Labute approximate surface area is 212 Å². The van der Waals surface area contributed by atoms with Crippen LogP contribution < -0.4 is 0 Å². The number of ketones is 2. The molecule has 2 aromatic rings. The Morgan fingerprint density at radius 1 is 1.37 bits per heavy atom. The van der Waals surface area contributed by atoms with E-state index in [1.165, 1.54) is 23.1 Å². The first-order chi connectivity index (χ1) is 16.7. The summed E-state index contributed by atoms with van der Waals surface area (Å²) in [5.74, 6) is 0.306. The fourth-order valence-electron chi connectivity index (χ4n) is 7.87. The molecule has 0 spiro atoms. The molecule has 2 N–H and O–H groups in total. The number of Topliss-reactive ketones (excluding diaryl/α,β-unsaturated/α-hetero) is 1. The molecule has 184 valence electrons.